The minimum atomic E-state index is -0.235. The first kappa shape index (κ1) is 11.1. The van der Waals surface area contributed by atoms with Gasteiger partial charge in [0.1, 0.15) is 5.82 Å². The highest BCUT2D eigenvalue weighted by atomic mass is 19.1. The summed E-state index contributed by atoms with van der Waals surface area (Å²) in [7, 11) is 0. The van der Waals surface area contributed by atoms with Gasteiger partial charge in [-0.05, 0) is 23.8 Å². The molecule has 2 aromatic carbocycles. The largest absolute Gasteiger partial charge is 0.399 e. The molecule has 1 aliphatic rings. The van der Waals surface area contributed by atoms with Crippen molar-refractivity contribution < 1.29 is 4.39 Å². The van der Waals surface area contributed by atoms with Gasteiger partial charge in [-0.3, -0.25) is 0 Å². The third kappa shape index (κ3) is 1.92. The SMILES string of the molecule is Nc1ccc(N2CC(c3ccccc3)C2)c(F)c1. The first-order valence-electron chi connectivity index (χ1n) is 6.09. The molecule has 92 valence electrons. The average Bonchev–Trinajstić information content (AvgIpc) is 2.31. The lowest BCUT2D eigenvalue weighted by molar-refractivity contribution is 0.509. The van der Waals surface area contributed by atoms with Gasteiger partial charge in [0, 0.05) is 24.7 Å². The Bertz CT molecular complexity index is 548. The first-order valence-corrected chi connectivity index (χ1v) is 6.09. The number of halogens is 1. The van der Waals surface area contributed by atoms with Crippen LogP contribution < -0.4 is 10.6 Å². The predicted molar refractivity (Wildman–Crippen MR) is 72.2 cm³/mol. The molecule has 2 aromatic rings. The van der Waals surface area contributed by atoms with E-state index < -0.39 is 0 Å². The summed E-state index contributed by atoms with van der Waals surface area (Å²) in [5.41, 5.74) is 7.99. The van der Waals surface area contributed by atoms with Crippen molar-refractivity contribution in [1.29, 1.82) is 0 Å². The normalized spacial score (nSPS) is 15.5. The molecule has 0 aromatic heterocycles. The Labute approximate surface area is 106 Å². The van der Waals surface area contributed by atoms with Crippen molar-refractivity contribution in [2.24, 2.45) is 0 Å². The summed E-state index contributed by atoms with van der Waals surface area (Å²) >= 11 is 0. The lowest BCUT2D eigenvalue weighted by atomic mass is 9.91. The van der Waals surface area contributed by atoms with Crippen LogP contribution in [0.2, 0.25) is 0 Å². The molecule has 0 unspecified atom stereocenters. The van der Waals surface area contributed by atoms with Crippen molar-refractivity contribution in [1.82, 2.24) is 0 Å². The van der Waals surface area contributed by atoms with Gasteiger partial charge >= 0.3 is 0 Å². The smallest absolute Gasteiger partial charge is 0.148 e. The molecule has 2 nitrogen and oxygen atoms in total. The van der Waals surface area contributed by atoms with Crippen LogP contribution >= 0.6 is 0 Å². The lowest BCUT2D eigenvalue weighted by Gasteiger charge is -2.41. The maximum Gasteiger partial charge on any atom is 0.148 e. The van der Waals surface area contributed by atoms with E-state index >= 15 is 0 Å². The van der Waals surface area contributed by atoms with Crippen molar-refractivity contribution in [3.05, 3.63) is 59.9 Å². The zero-order valence-electron chi connectivity index (χ0n) is 10.0. The maximum absolute atomic E-state index is 13.7. The van der Waals surface area contributed by atoms with Crippen molar-refractivity contribution in [3.8, 4) is 0 Å². The Balaban J connectivity index is 1.72. The third-order valence-corrected chi connectivity index (χ3v) is 3.46. The van der Waals surface area contributed by atoms with E-state index in [2.05, 4.69) is 12.1 Å². The Kier molecular flexibility index (Phi) is 2.67. The first-order chi connectivity index (χ1) is 8.74. The lowest BCUT2D eigenvalue weighted by Crippen LogP contribution is -2.45. The standard InChI is InChI=1S/C15H15FN2/c16-14-8-13(17)6-7-15(14)18-9-12(10-18)11-4-2-1-3-5-11/h1-8,12H,9-10,17H2. The number of rotatable bonds is 2. The van der Waals surface area contributed by atoms with Gasteiger partial charge in [0.15, 0.2) is 0 Å². The quantitative estimate of drug-likeness (QED) is 0.820. The number of hydrogen-bond donors (Lipinski definition) is 1. The summed E-state index contributed by atoms with van der Waals surface area (Å²) in [4.78, 5) is 2.05. The number of benzene rings is 2. The van der Waals surface area contributed by atoms with Gasteiger partial charge in [-0.1, -0.05) is 30.3 Å². The monoisotopic (exact) mass is 242 g/mol. The van der Waals surface area contributed by atoms with Gasteiger partial charge in [0.05, 0.1) is 5.69 Å². The molecule has 0 bridgehead atoms. The van der Waals surface area contributed by atoms with E-state index in [0.717, 1.165) is 13.1 Å². The molecule has 0 atom stereocenters. The third-order valence-electron chi connectivity index (χ3n) is 3.46. The molecule has 2 N–H and O–H groups in total. The van der Waals surface area contributed by atoms with Crippen LogP contribution in [0, 0.1) is 5.82 Å². The molecule has 0 saturated carbocycles. The number of nitrogens with two attached hydrogens (primary N) is 1. The number of nitrogens with zero attached hydrogens (tertiary/aromatic N) is 1. The van der Waals surface area contributed by atoms with Crippen LogP contribution in [0.15, 0.2) is 48.5 Å². The summed E-state index contributed by atoms with van der Waals surface area (Å²) in [5.74, 6) is 0.268. The second-order valence-corrected chi connectivity index (χ2v) is 4.72. The second kappa shape index (κ2) is 4.33. The van der Waals surface area contributed by atoms with Crippen LogP contribution in [0.3, 0.4) is 0 Å². The minimum absolute atomic E-state index is 0.235. The second-order valence-electron chi connectivity index (χ2n) is 4.72. The van der Waals surface area contributed by atoms with Gasteiger partial charge in [-0.25, -0.2) is 4.39 Å². The van der Waals surface area contributed by atoms with Gasteiger partial charge in [0.25, 0.3) is 0 Å². The fourth-order valence-electron chi connectivity index (χ4n) is 2.39. The molecule has 0 radical (unpaired) electrons. The fraction of sp³-hybridized carbons (Fsp3) is 0.200. The molecule has 1 fully saturated rings. The molecule has 3 rings (SSSR count). The Hall–Kier alpha value is -2.03. The van der Waals surface area contributed by atoms with E-state index in [9.17, 15) is 4.39 Å². The molecule has 1 heterocycles. The fourth-order valence-corrected chi connectivity index (χ4v) is 2.39. The summed E-state index contributed by atoms with van der Waals surface area (Å²) in [6, 6.07) is 15.2. The van der Waals surface area contributed by atoms with Crippen molar-refractivity contribution in [2.45, 2.75) is 5.92 Å². The Morgan fingerprint density at radius 2 is 1.78 bits per heavy atom. The van der Waals surface area contributed by atoms with Gasteiger partial charge < -0.3 is 10.6 Å². The number of anilines is 2. The molecule has 18 heavy (non-hydrogen) atoms. The van der Waals surface area contributed by atoms with E-state index in [4.69, 9.17) is 5.73 Å². The molecule has 1 aliphatic heterocycles. The molecule has 0 spiro atoms. The van der Waals surface area contributed by atoms with Gasteiger partial charge in [-0.15, -0.1) is 0 Å². The van der Waals surface area contributed by atoms with E-state index in [-0.39, 0.29) is 5.82 Å². The van der Waals surface area contributed by atoms with Crippen LogP contribution in [-0.2, 0) is 0 Å². The van der Waals surface area contributed by atoms with Crippen LogP contribution in [0.25, 0.3) is 0 Å². The zero-order chi connectivity index (χ0) is 12.5. The van der Waals surface area contributed by atoms with Crippen LogP contribution in [0.5, 0.6) is 0 Å². The van der Waals surface area contributed by atoms with Crippen molar-refractivity contribution >= 4 is 11.4 Å². The van der Waals surface area contributed by atoms with Crippen LogP contribution in [0.1, 0.15) is 11.5 Å². The van der Waals surface area contributed by atoms with E-state index in [1.54, 1.807) is 12.1 Å². The van der Waals surface area contributed by atoms with Gasteiger partial charge in [-0.2, -0.15) is 0 Å². The molecule has 0 aliphatic carbocycles. The van der Waals surface area contributed by atoms with Crippen molar-refractivity contribution in [3.63, 3.8) is 0 Å². The molecular formula is C15H15FN2. The topological polar surface area (TPSA) is 29.3 Å². The summed E-state index contributed by atoms with van der Waals surface area (Å²) < 4.78 is 13.7. The Morgan fingerprint density at radius 1 is 1.06 bits per heavy atom. The molecule has 1 saturated heterocycles. The maximum atomic E-state index is 13.7. The van der Waals surface area contributed by atoms with E-state index in [0.29, 0.717) is 17.3 Å². The highest BCUT2D eigenvalue weighted by Crippen LogP contribution is 2.33. The minimum Gasteiger partial charge on any atom is -0.399 e. The predicted octanol–water partition coefficient (Wildman–Crippen LogP) is 3.01. The molecule has 0 amide bonds. The van der Waals surface area contributed by atoms with Crippen LogP contribution in [0.4, 0.5) is 15.8 Å². The summed E-state index contributed by atoms with van der Waals surface area (Å²) in [6.45, 7) is 1.73. The zero-order valence-corrected chi connectivity index (χ0v) is 10.0. The number of hydrogen-bond acceptors (Lipinski definition) is 2. The van der Waals surface area contributed by atoms with Crippen molar-refractivity contribution in [2.75, 3.05) is 23.7 Å². The number of nitrogen functional groups attached to an aromatic ring is 1. The molecular weight excluding hydrogens is 227 g/mol. The van der Waals surface area contributed by atoms with E-state index in [1.807, 2.05) is 23.1 Å². The van der Waals surface area contributed by atoms with Gasteiger partial charge in [0.2, 0.25) is 0 Å². The highest BCUT2D eigenvalue weighted by Gasteiger charge is 2.29. The Morgan fingerprint density at radius 3 is 2.44 bits per heavy atom. The van der Waals surface area contributed by atoms with E-state index in [1.165, 1.54) is 11.6 Å². The summed E-state index contributed by atoms with van der Waals surface area (Å²) in [6.07, 6.45) is 0. The van der Waals surface area contributed by atoms with Crippen LogP contribution in [-0.4, -0.2) is 13.1 Å². The summed E-state index contributed by atoms with van der Waals surface area (Å²) in [5, 5.41) is 0. The average molecular weight is 242 g/mol. The molecule has 3 heteroatoms. The highest BCUT2D eigenvalue weighted by molar-refractivity contribution is 5.57.